The van der Waals surface area contributed by atoms with Crippen LogP contribution >= 0.6 is 0 Å². The van der Waals surface area contributed by atoms with Crippen LogP contribution in [0.4, 0.5) is 0 Å². The summed E-state index contributed by atoms with van der Waals surface area (Å²) in [6.07, 6.45) is 30.0. The van der Waals surface area contributed by atoms with E-state index < -0.39 is 37.2 Å². The Morgan fingerprint density at radius 2 is 0.811 bits per heavy atom. The molecule has 0 saturated heterocycles. The number of esters is 3. The molecule has 304 valence electrons. The molecule has 1 aliphatic rings. The molecule has 0 radical (unpaired) electrons. The third kappa shape index (κ3) is 22.9. The van der Waals surface area contributed by atoms with Crippen molar-refractivity contribution in [2.45, 2.75) is 221 Å². The lowest BCUT2D eigenvalue weighted by Gasteiger charge is -2.20. The van der Waals surface area contributed by atoms with E-state index in [1.165, 1.54) is 122 Å². The molecule has 0 amide bonds. The van der Waals surface area contributed by atoms with Crippen LogP contribution in [-0.4, -0.2) is 48.8 Å². The summed E-state index contributed by atoms with van der Waals surface area (Å²) in [7, 11) is 0. The van der Waals surface area contributed by atoms with Gasteiger partial charge in [0.1, 0.15) is 13.2 Å². The van der Waals surface area contributed by atoms with Crippen molar-refractivity contribution in [3.63, 3.8) is 0 Å². The van der Waals surface area contributed by atoms with Gasteiger partial charge in [-0.25, -0.2) is 4.79 Å². The Balaban J connectivity index is 2.46. The van der Waals surface area contributed by atoms with Crippen molar-refractivity contribution in [3.8, 4) is 0 Å². The number of Topliss-reactive ketones (excluding diaryl/α,β-unsaturated/α-hetero) is 2. The Kier molecular flexibility index (Phi) is 28.7. The van der Waals surface area contributed by atoms with Crippen LogP contribution in [0.2, 0.25) is 0 Å². The Morgan fingerprint density at radius 3 is 1.23 bits per heavy atom. The second kappa shape index (κ2) is 31.6. The summed E-state index contributed by atoms with van der Waals surface area (Å²) in [6, 6.07) is 0. The normalized spacial score (nSPS) is 13.8. The molecule has 1 aliphatic carbocycles. The first-order valence-electron chi connectivity index (χ1n) is 21.6. The van der Waals surface area contributed by atoms with Gasteiger partial charge in [-0.2, -0.15) is 0 Å². The van der Waals surface area contributed by atoms with E-state index in [9.17, 15) is 24.0 Å². The lowest BCUT2D eigenvalue weighted by molar-refractivity contribution is -0.174. The first-order chi connectivity index (χ1) is 25.6. The molecule has 0 saturated carbocycles. The first-order valence-corrected chi connectivity index (χ1v) is 21.6. The van der Waals surface area contributed by atoms with Gasteiger partial charge < -0.3 is 14.2 Å². The van der Waals surface area contributed by atoms with Crippen LogP contribution in [0.3, 0.4) is 0 Å². The summed E-state index contributed by atoms with van der Waals surface area (Å²) in [5.74, 6) is -2.55. The minimum atomic E-state index is -1.45. The molecule has 0 fully saturated rings. The second-order valence-electron chi connectivity index (χ2n) is 15.3. The lowest BCUT2D eigenvalue weighted by atomic mass is 9.86. The Labute approximate surface area is 323 Å². The second-order valence-corrected chi connectivity index (χ2v) is 15.3. The van der Waals surface area contributed by atoms with Gasteiger partial charge in [-0.1, -0.05) is 168 Å². The fourth-order valence-corrected chi connectivity index (χ4v) is 6.75. The fraction of sp³-hybridized carbons (Fsp3) is 0.800. The fourth-order valence-electron chi connectivity index (χ4n) is 6.75. The van der Waals surface area contributed by atoms with Crippen molar-refractivity contribution in [3.05, 3.63) is 22.3 Å². The summed E-state index contributed by atoms with van der Waals surface area (Å²) in [5.41, 5.74) is 1.02. The van der Waals surface area contributed by atoms with E-state index in [4.69, 9.17) is 14.2 Å². The van der Waals surface area contributed by atoms with Gasteiger partial charge in [0.15, 0.2) is 11.6 Å². The predicted octanol–water partition coefficient (Wildman–Crippen LogP) is 11.8. The van der Waals surface area contributed by atoms with Crippen molar-refractivity contribution in [2.24, 2.45) is 0 Å². The summed E-state index contributed by atoms with van der Waals surface area (Å²) < 4.78 is 16.3. The SMILES string of the molecule is CCCCCCCCCCCCCCCC(=O)OCC(OC(=O)CCCCCCCCCCCCCCC)C(=O)OCC1=C(C)C(=O)C(C)=C(C)C1=O. The molecular weight excluding hydrogens is 668 g/mol. The van der Waals surface area contributed by atoms with E-state index >= 15 is 0 Å². The highest BCUT2D eigenvalue weighted by atomic mass is 16.6. The van der Waals surface area contributed by atoms with Crippen molar-refractivity contribution in [2.75, 3.05) is 13.2 Å². The van der Waals surface area contributed by atoms with Crippen molar-refractivity contribution in [1.29, 1.82) is 0 Å². The zero-order valence-corrected chi connectivity index (χ0v) is 34.6. The summed E-state index contributed by atoms with van der Waals surface area (Å²) in [6.45, 7) is 8.30. The maximum Gasteiger partial charge on any atom is 0.351 e. The molecule has 1 atom stereocenters. The number of rotatable bonds is 34. The third-order valence-corrected chi connectivity index (χ3v) is 10.6. The number of hydrogen-bond donors (Lipinski definition) is 0. The van der Waals surface area contributed by atoms with Gasteiger partial charge in [-0.05, 0) is 33.6 Å². The molecule has 0 spiro atoms. The topological polar surface area (TPSA) is 113 Å². The molecule has 0 aliphatic heterocycles. The molecule has 0 heterocycles. The van der Waals surface area contributed by atoms with E-state index in [0.717, 1.165) is 38.5 Å². The average molecular weight is 745 g/mol. The van der Waals surface area contributed by atoms with Gasteiger partial charge in [0, 0.05) is 35.1 Å². The molecule has 8 nitrogen and oxygen atoms in total. The monoisotopic (exact) mass is 745 g/mol. The van der Waals surface area contributed by atoms with Crippen molar-refractivity contribution in [1.82, 2.24) is 0 Å². The quantitative estimate of drug-likeness (QED) is 0.0277. The molecule has 53 heavy (non-hydrogen) atoms. The highest BCUT2D eigenvalue weighted by molar-refractivity contribution is 6.24. The van der Waals surface area contributed by atoms with Crippen LogP contribution in [0.15, 0.2) is 22.3 Å². The standard InChI is InChI=1S/C45H76O8/c1-6-8-10-12-14-16-18-20-22-24-26-28-30-32-41(46)51-35-40(45(50)52-34-39-38(5)43(48)36(3)37(4)44(39)49)53-42(47)33-31-29-27-25-23-21-19-17-15-13-11-9-7-2/h40H,6-35H2,1-5H3. The van der Waals surface area contributed by atoms with E-state index in [1.54, 1.807) is 13.8 Å². The van der Waals surface area contributed by atoms with Gasteiger partial charge in [0.25, 0.3) is 0 Å². The Hall–Kier alpha value is -2.77. The molecule has 0 N–H and O–H groups in total. The van der Waals surface area contributed by atoms with E-state index in [2.05, 4.69) is 13.8 Å². The van der Waals surface area contributed by atoms with E-state index in [1.807, 2.05) is 0 Å². The smallest absolute Gasteiger partial charge is 0.351 e. The molecule has 8 heteroatoms. The number of ether oxygens (including phenoxy) is 3. The molecule has 0 aromatic rings. The highest BCUT2D eigenvalue weighted by Crippen LogP contribution is 2.24. The minimum Gasteiger partial charge on any atom is -0.461 e. The summed E-state index contributed by atoms with van der Waals surface area (Å²) in [4.78, 5) is 63.8. The molecular formula is C45H76O8. The maximum absolute atomic E-state index is 13.1. The number of hydrogen-bond acceptors (Lipinski definition) is 8. The molecule has 0 aromatic carbocycles. The van der Waals surface area contributed by atoms with Crippen molar-refractivity contribution >= 4 is 29.5 Å². The number of carbonyl (C=O) groups is 5. The number of ketones is 2. The largest absolute Gasteiger partial charge is 0.461 e. The zero-order chi connectivity index (χ0) is 39.1. The van der Waals surface area contributed by atoms with Crippen LogP contribution < -0.4 is 0 Å². The predicted molar refractivity (Wildman–Crippen MR) is 214 cm³/mol. The van der Waals surface area contributed by atoms with Gasteiger partial charge >= 0.3 is 17.9 Å². The third-order valence-electron chi connectivity index (χ3n) is 10.6. The van der Waals surface area contributed by atoms with Crippen LogP contribution in [0.5, 0.6) is 0 Å². The van der Waals surface area contributed by atoms with Crippen LogP contribution in [0.1, 0.15) is 214 Å². The van der Waals surface area contributed by atoms with Gasteiger partial charge in [-0.3, -0.25) is 19.2 Å². The van der Waals surface area contributed by atoms with Gasteiger partial charge in [-0.15, -0.1) is 0 Å². The van der Waals surface area contributed by atoms with E-state index in [-0.39, 0.29) is 35.6 Å². The highest BCUT2D eigenvalue weighted by Gasteiger charge is 2.31. The summed E-state index contributed by atoms with van der Waals surface area (Å²) in [5, 5.41) is 0. The Morgan fingerprint density at radius 1 is 0.453 bits per heavy atom. The van der Waals surface area contributed by atoms with Crippen LogP contribution in [0, 0.1) is 0 Å². The molecule has 0 aromatic heterocycles. The number of unbranched alkanes of at least 4 members (excludes halogenated alkanes) is 24. The molecule has 1 unspecified atom stereocenters. The van der Waals surface area contributed by atoms with Crippen LogP contribution in [-0.2, 0) is 38.2 Å². The van der Waals surface area contributed by atoms with Crippen molar-refractivity contribution < 1.29 is 38.2 Å². The number of allylic oxidation sites excluding steroid dienone is 3. The van der Waals surface area contributed by atoms with E-state index in [0.29, 0.717) is 24.0 Å². The lowest BCUT2D eigenvalue weighted by Crippen LogP contribution is -2.35. The zero-order valence-electron chi connectivity index (χ0n) is 34.6. The molecule has 0 bridgehead atoms. The average Bonchev–Trinajstić information content (AvgIpc) is 3.15. The first kappa shape index (κ1) is 48.2. The Bertz CT molecular complexity index is 1130. The number of carbonyl (C=O) groups excluding carboxylic acids is 5. The minimum absolute atomic E-state index is 0.0999. The summed E-state index contributed by atoms with van der Waals surface area (Å²) >= 11 is 0. The molecule has 1 rings (SSSR count). The maximum atomic E-state index is 13.1. The van der Waals surface area contributed by atoms with Gasteiger partial charge in [0.05, 0.1) is 0 Å². The van der Waals surface area contributed by atoms with Gasteiger partial charge in [0.2, 0.25) is 6.10 Å². The van der Waals surface area contributed by atoms with Crippen LogP contribution in [0.25, 0.3) is 0 Å².